The molecular formula is C12H18NO4+. The molecule has 1 rings (SSSR count). The molecule has 0 aliphatic rings. The molecule has 1 aromatic rings. The van der Waals surface area contributed by atoms with Crippen LogP contribution in [0.25, 0.3) is 0 Å². The smallest absolute Gasteiger partial charge is 0.227 e. The number of hydrogen-bond donors (Lipinski definition) is 1. The molecule has 0 aliphatic heterocycles. The molecule has 5 nitrogen and oxygen atoms in total. The number of hydrogen-bond acceptors (Lipinski definition) is 4. The summed E-state index contributed by atoms with van der Waals surface area (Å²) in [6.07, 6.45) is 1.76. The summed E-state index contributed by atoms with van der Waals surface area (Å²) in [5.74, 6) is 0.522. The Morgan fingerprint density at radius 1 is 1.29 bits per heavy atom. The molecule has 0 spiro atoms. The van der Waals surface area contributed by atoms with Crippen LogP contribution in [0.1, 0.15) is 19.4 Å². The van der Waals surface area contributed by atoms with E-state index in [1.165, 1.54) is 14.2 Å². The quantitative estimate of drug-likeness (QED) is 0.368. The lowest BCUT2D eigenvalue weighted by molar-refractivity contribution is -0.883. The molecule has 0 heterocycles. The van der Waals surface area contributed by atoms with Crippen LogP contribution >= 0.6 is 0 Å². The first kappa shape index (κ1) is 13.3. The van der Waals surface area contributed by atoms with Gasteiger partial charge in [-0.2, -0.15) is 0 Å². The van der Waals surface area contributed by atoms with Gasteiger partial charge in [-0.15, -0.1) is 4.89 Å². The molecule has 0 aromatic heterocycles. The lowest BCUT2D eigenvalue weighted by Crippen LogP contribution is -2.22. The number of phenols is 1. The summed E-state index contributed by atoms with van der Waals surface area (Å²) in [5, 5.41) is 9.47. The Morgan fingerprint density at radius 3 is 2.53 bits per heavy atom. The Balaban J connectivity index is 3.02. The fourth-order valence-electron chi connectivity index (χ4n) is 1.26. The molecule has 0 radical (unpaired) electrons. The zero-order chi connectivity index (χ0) is 12.8. The average Bonchev–Trinajstić information content (AvgIpc) is 2.30. The van der Waals surface area contributed by atoms with Crippen molar-refractivity contribution < 1.29 is 24.5 Å². The Morgan fingerprint density at radius 2 is 2.00 bits per heavy atom. The van der Waals surface area contributed by atoms with E-state index in [1.807, 2.05) is 13.8 Å². The number of rotatable bonds is 5. The third-order valence-corrected chi connectivity index (χ3v) is 2.15. The van der Waals surface area contributed by atoms with Crippen LogP contribution in [0.3, 0.4) is 0 Å². The maximum absolute atomic E-state index is 9.47. The molecule has 94 valence electrons. The number of hydroxylamine groups is 1. The molecule has 0 bridgehead atoms. The molecule has 1 aromatic carbocycles. The van der Waals surface area contributed by atoms with Crippen molar-refractivity contribution in [3.8, 4) is 11.5 Å². The predicted molar refractivity (Wildman–Crippen MR) is 63.3 cm³/mol. The van der Waals surface area contributed by atoms with E-state index in [0.717, 1.165) is 5.56 Å². The maximum Gasteiger partial charge on any atom is 0.227 e. The van der Waals surface area contributed by atoms with Crippen LogP contribution in [0.5, 0.6) is 11.5 Å². The molecule has 0 amide bonds. The van der Waals surface area contributed by atoms with Crippen molar-refractivity contribution in [1.82, 2.24) is 0 Å². The van der Waals surface area contributed by atoms with E-state index >= 15 is 0 Å². The summed E-state index contributed by atoms with van der Waals surface area (Å²) in [7, 11) is 2.95. The van der Waals surface area contributed by atoms with Gasteiger partial charge in [-0.1, -0.05) is 4.99 Å². The highest BCUT2D eigenvalue weighted by atomic mass is 17.3. The van der Waals surface area contributed by atoms with Gasteiger partial charge in [-0.25, -0.2) is 0 Å². The number of aromatic hydroxyl groups is 1. The first-order valence-electron chi connectivity index (χ1n) is 5.29. The molecule has 0 fully saturated rings. The number of benzene rings is 1. The SMILES string of the molecule is COO/[N+](=C\c1ccc(O)c(OC)c1)C(C)C. The summed E-state index contributed by atoms with van der Waals surface area (Å²) < 4.78 is 6.59. The van der Waals surface area contributed by atoms with Gasteiger partial charge < -0.3 is 9.84 Å². The van der Waals surface area contributed by atoms with Gasteiger partial charge in [-0.3, -0.25) is 0 Å². The van der Waals surface area contributed by atoms with Crippen molar-refractivity contribution in [2.45, 2.75) is 19.9 Å². The number of methoxy groups -OCH3 is 1. The second-order valence-electron chi connectivity index (χ2n) is 3.76. The Hall–Kier alpha value is -1.75. The van der Waals surface area contributed by atoms with Crippen molar-refractivity contribution in [3.63, 3.8) is 0 Å². The minimum Gasteiger partial charge on any atom is -0.504 e. The van der Waals surface area contributed by atoms with Gasteiger partial charge in [0.05, 0.1) is 14.2 Å². The van der Waals surface area contributed by atoms with E-state index in [4.69, 9.17) is 9.73 Å². The summed E-state index contributed by atoms with van der Waals surface area (Å²) in [4.78, 5) is 9.62. The molecule has 0 saturated carbocycles. The summed E-state index contributed by atoms with van der Waals surface area (Å²) >= 11 is 0. The largest absolute Gasteiger partial charge is 0.504 e. The van der Waals surface area contributed by atoms with E-state index in [2.05, 4.69) is 4.89 Å². The zero-order valence-electron chi connectivity index (χ0n) is 10.5. The molecule has 0 saturated heterocycles. The van der Waals surface area contributed by atoms with Crippen LogP contribution in [0.15, 0.2) is 18.2 Å². The zero-order valence-corrected chi connectivity index (χ0v) is 10.5. The molecular weight excluding hydrogens is 222 g/mol. The molecule has 5 heteroatoms. The average molecular weight is 240 g/mol. The Kier molecular flexibility index (Phi) is 4.78. The maximum atomic E-state index is 9.47. The molecule has 0 unspecified atom stereocenters. The number of phenolic OH excluding ortho intramolecular Hbond substituents is 1. The highest BCUT2D eigenvalue weighted by Crippen LogP contribution is 2.25. The van der Waals surface area contributed by atoms with Crippen LogP contribution in [-0.4, -0.2) is 36.3 Å². The monoisotopic (exact) mass is 240 g/mol. The second kappa shape index (κ2) is 6.10. The van der Waals surface area contributed by atoms with Gasteiger partial charge in [0, 0.05) is 24.1 Å². The molecule has 0 aliphatic carbocycles. The van der Waals surface area contributed by atoms with Crippen molar-refractivity contribution in [1.29, 1.82) is 0 Å². The third kappa shape index (κ3) is 3.64. The van der Waals surface area contributed by atoms with Gasteiger partial charge in [0.15, 0.2) is 11.5 Å². The third-order valence-electron chi connectivity index (χ3n) is 2.15. The lowest BCUT2D eigenvalue weighted by atomic mass is 10.2. The topological polar surface area (TPSA) is 50.9 Å². The van der Waals surface area contributed by atoms with Gasteiger partial charge in [0.2, 0.25) is 12.3 Å². The Bertz CT molecular complexity index is 401. The Labute approximate surface area is 101 Å². The van der Waals surface area contributed by atoms with E-state index in [-0.39, 0.29) is 11.8 Å². The normalized spacial score (nSPS) is 11.7. The summed E-state index contributed by atoms with van der Waals surface area (Å²) in [5.41, 5.74) is 0.838. The van der Waals surface area contributed by atoms with Gasteiger partial charge >= 0.3 is 0 Å². The van der Waals surface area contributed by atoms with E-state index < -0.39 is 0 Å². The van der Waals surface area contributed by atoms with Crippen LogP contribution in [-0.2, 0) is 9.88 Å². The second-order valence-corrected chi connectivity index (χ2v) is 3.76. The van der Waals surface area contributed by atoms with Crippen molar-refractivity contribution in [2.75, 3.05) is 14.2 Å². The molecule has 0 atom stereocenters. The highest BCUT2D eigenvalue weighted by Gasteiger charge is 2.14. The summed E-state index contributed by atoms with van der Waals surface area (Å²) in [6, 6.07) is 5.15. The van der Waals surface area contributed by atoms with Crippen molar-refractivity contribution >= 4 is 6.21 Å². The lowest BCUT2D eigenvalue weighted by Gasteiger charge is -2.04. The first-order valence-corrected chi connectivity index (χ1v) is 5.29. The number of ether oxygens (including phenoxy) is 1. The van der Waals surface area contributed by atoms with Gasteiger partial charge in [0.1, 0.15) is 0 Å². The van der Waals surface area contributed by atoms with Crippen molar-refractivity contribution in [2.24, 2.45) is 0 Å². The van der Waals surface area contributed by atoms with Gasteiger partial charge in [-0.05, 0) is 18.2 Å². The minimum atomic E-state index is 0.105. The van der Waals surface area contributed by atoms with Gasteiger partial charge in [0.25, 0.3) is 0 Å². The van der Waals surface area contributed by atoms with Crippen molar-refractivity contribution in [3.05, 3.63) is 23.8 Å². The van der Waals surface area contributed by atoms with Crippen LogP contribution in [0, 0.1) is 0 Å². The highest BCUT2D eigenvalue weighted by molar-refractivity contribution is 5.77. The van der Waals surface area contributed by atoms with E-state index in [0.29, 0.717) is 5.75 Å². The number of nitrogens with zero attached hydrogens (tertiary/aromatic N) is 1. The minimum absolute atomic E-state index is 0.105. The van der Waals surface area contributed by atoms with E-state index in [9.17, 15) is 5.11 Å². The fourth-order valence-corrected chi connectivity index (χ4v) is 1.26. The fraction of sp³-hybridized carbons (Fsp3) is 0.417. The summed E-state index contributed by atoms with van der Waals surface area (Å²) in [6.45, 7) is 3.93. The molecule has 1 N–H and O–H groups in total. The van der Waals surface area contributed by atoms with Crippen LogP contribution in [0.4, 0.5) is 0 Å². The standard InChI is InChI=1S/C12H17NO4/c1-9(2)13(17-16-4)8-10-5-6-11(14)12(7-10)15-3/h5-9H,1-4H3/p+1. The van der Waals surface area contributed by atoms with E-state index in [1.54, 1.807) is 29.2 Å². The predicted octanol–water partition coefficient (Wildman–Crippen LogP) is 1.73. The molecule has 17 heavy (non-hydrogen) atoms. The van der Waals surface area contributed by atoms with Crippen LogP contribution in [0.2, 0.25) is 0 Å². The van der Waals surface area contributed by atoms with Crippen LogP contribution < -0.4 is 4.74 Å². The first-order chi connectivity index (χ1) is 8.08.